The Balaban J connectivity index is 1.86. The lowest BCUT2D eigenvalue weighted by atomic mass is 10.3. The molecule has 0 aromatic carbocycles. The van der Waals surface area contributed by atoms with Crippen molar-refractivity contribution in [2.45, 2.75) is 38.1 Å². The van der Waals surface area contributed by atoms with Crippen molar-refractivity contribution in [3.63, 3.8) is 0 Å². The van der Waals surface area contributed by atoms with Crippen LogP contribution in [-0.4, -0.2) is 45.8 Å². The Morgan fingerprint density at radius 2 is 2.10 bits per heavy atom. The minimum Gasteiger partial charge on any atom is -0.281 e. The standard InChI is InChI=1S/C13H19N5O2S/c1-9-6-14-18(7-9)12-4-5-17(8-12)21(19,20)13-10(2)15-16-11(13)3/h6-7,12H,4-5,8H2,1-3H3,(H,15,16). The Morgan fingerprint density at radius 3 is 2.67 bits per heavy atom. The molecule has 2 aromatic rings. The quantitative estimate of drug-likeness (QED) is 0.922. The van der Waals surface area contributed by atoms with Crippen molar-refractivity contribution >= 4 is 10.0 Å². The summed E-state index contributed by atoms with van der Waals surface area (Å²) in [5.74, 6) is 0. The summed E-state index contributed by atoms with van der Waals surface area (Å²) in [6.45, 7) is 6.38. The van der Waals surface area contributed by atoms with Crippen molar-refractivity contribution < 1.29 is 8.42 Å². The van der Waals surface area contributed by atoms with Gasteiger partial charge in [-0.05, 0) is 32.8 Å². The number of nitrogens with one attached hydrogen (secondary N) is 1. The maximum atomic E-state index is 12.8. The molecule has 114 valence electrons. The van der Waals surface area contributed by atoms with Crippen molar-refractivity contribution in [2.24, 2.45) is 0 Å². The van der Waals surface area contributed by atoms with E-state index >= 15 is 0 Å². The van der Waals surface area contributed by atoms with Crippen LogP contribution in [0.2, 0.25) is 0 Å². The van der Waals surface area contributed by atoms with Gasteiger partial charge in [-0.25, -0.2) is 8.42 Å². The zero-order chi connectivity index (χ0) is 15.2. The molecule has 0 bridgehead atoms. The Bertz CT molecular complexity index is 742. The average molecular weight is 309 g/mol. The summed E-state index contributed by atoms with van der Waals surface area (Å²) < 4.78 is 28.9. The summed E-state index contributed by atoms with van der Waals surface area (Å²) in [6.07, 6.45) is 4.52. The number of nitrogens with zero attached hydrogens (tertiary/aromatic N) is 4. The van der Waals surface area contributed by atoms with Gasteiger partial charge >= 0.3 is 0 Å². The van der Waals surface area contributed by atoms with Gasteiger partial charge in [0.25, 0.3) is 0 Å². The molecule has 3 heterocycles. The van der Waals surface area contributed by atoms with Gasteiger partial charge in [0.2, 0.25) is 10.0 Å². The second-order valence-corrected chi connectivity index (χ2v) is 7.44. The molecule has 1 unspecified atom stereocenters. The molecule has 1 saturated heterocycles. The van der Waals surface area contributed by atoms with E-state index in [1.54, 1.807) is 20.0 Å². The molecule has 7 nitrogen and oxygen atoms in total. The van der Waals surface area contributed by atoms with Gasteiger partial charge in [0, 0.05) is 19.3 Å². The van der Waals surface area contributed by atoms with Gasteiger partial charge < -0.3 is 0 Å². The molecule has 1 aliphatic rings. The zero-order valence-corrected chi connectivity index (χ0v) is 13.2. The van der Waals surface area contributed by atoms with Gasteiger partial charge in [-0.15, -0.1) is 0 Å². The minimum atomic E-state index is -3.49. The van der Waals surface area contributed by atoms with E-state index in [-0.39, 0.29) is 6.04 Å². The molecule has 1 fully saturated rings. The summed E-state index contributed by atoms with van der Waals surface area (Å²) in [5, 5.41) is 11.0. The fraction of sp³-hybridized carbons (Fsp3) is 0.538. The minimum absolute atomic E-state index is 0.0981. The Morgan fingerprint density at radius 1 is 1.33 bits per heavy atom. The van der Waals surface area contributed by atoms with Crippen LogP contribution in [0.3, 0.4) is 0 Å². The number of hydrogen-bond donors (Lipinski definition) is 1. The van der Waals surface area contributed by atoms with Crippen molar-refractivity contribution in [3.8, 4) is 0 Å². The maximum absolute atomic E-state index is 12.8. The normalized spacial score (nSPS) is 20.2. The first kappa shape index (κ1) is 14.3. The summed E-state index contributed by atoms with van der Waals surface area (Å²) in [4.78, 5) is 0.305. The number of aromatic nitrogens is 4. The number of sulfonamides is 1. The van der Waals surface area contributed by atoms with Gasteiger partial charge in [0.05, 0.1) is 23.6 Å². The summed E-state index contributed by atoms with van der Waals surface area (Å²) in [5.41, 5.74) is 2.19. The summed E-state index contributed by atoms with van der Waals surface area (Å²) >= 11 is 0. The number of aromatic amines is 1. The molecule has 0 spiro atoms. The Labute approximate surface area is 124 Å². The molecule has 3 rings (SSSR count). The van der Waals surface area contributed by atoms with Crippen LogP contribution in [0.5, 0.6) is 0 Å². The number of H-pyrrole nitrogens is 1. The third-order valence-electron chi connectivity index (χ3n) is 3.89. The van der Waals surface area contributed by atoms with Crippen LogP contribution in [-0.2, 0) is 10.0 Å². The highest BCUT2D eigenvalue weighted by Crippen LogP contribution is 2.29. The van der Waals surface area contributed by atoms with E-state index in [9.17, 15) is 8.42 Å². The SMILES string of the molecule is Cc1cnn(C2CCN(S(=O)(=O)c3c(C)n[nH]c3C)C2)c1. The molecule has 1 atom stereocenters. The average Bonchev–Trinajstić information content (AvgIpc) is 3.09. The summed E-state index contributed by atoms with van der Waals surface area (Å²) in [7, 11) is -3.49. The van der Waals surface area contributed by atoms with Crippen LogP contribution in [0.4, 0.5) is 0 Å². The Kier molecular flexibility index (Phi) is 3.37. The first-order chi connectivity index (χ1) is 9.89. The number of hydrogen-bond acceptors (Lipinski definition) is 4. The third-order valence-corrected chi connectivity index (χ3v) is 6.02. The van der Waals surface area contributed by atoms with Gasteiger partial charge in [-0.1, -0.05) is 0 Å². The molecule has 1 aliphatic heterocycles. The molecule has 0 aliphatic carbocycles. The fourth-order valence-corrected chi connectivity index (χ4v) is 4.65. The second-order valence-electron chi connectivity index (χ2n) is 5.57. The van der Waals surface area contributed by atoms with Gasteiger partial charge in [0.15, 0.2) is 0 Å². The van der Waals surface area contributed by atoms with E-state index in [0.717, 1.165) is 12.0 Å². The van der Waals surface area contributed by atoms with Gasteiger partial charge in [0.1, 0.15) is 4.90 Å². The zero-order valence-electron chi connectivity index (χ0n) is 12.4. The second kappa shape index (κ2) is 4.96. The molecular formula is C13H19N5O2S. The molecular weight excluding hydrogens is 290 g/mol. The molecule has 8 heteroatoms. The van der Waals surface area contributed by atoms with Crippen LogP contribution in [0, 0.1) is 20.8 Å². The molecule has 0 amide bonds. The van der Waals surface area contributed by atoms with E-state index in [0.29, 0.717) is 29.4 Å². The topological polar surface area (TPSA) is 83.9 Å². The van der Waals surface area contributed by atoms with Crippen molar-refractivity contribution in [2.75, 3.05) is 13.1 Å². The smallest absolute Gasteiger partial charge is 0.246 e. The van der Waals surface area contributed by atoms with E-state index < -0.39 is 10.0 Å². The molecule has 1 N–H and O–H groups in total. The highest BCUT2D eigenvalue weighted by molar-refractivity contribution is 7.89. The molecule has 0 saturated carbocycles. The fourth-order valence-electron chi connectivity index (χ4n) is 2.83. The number of aryl methyl sites for hydroxylation is 3. The van der Waals surface area contributed by atoms with E-state index in [1.807, 2.05) is 17.8 Å². The number of rotatable bonds is 3. The highest BCUT2D eigenvalue weighted by atomic mass is 32.2. The van der Waals surface area contributed by atoms with E-state index in [2.05, 4.69) is 15.3 Å². The predicted octanol–water partition coefficient (Wildman–Crippen LogP) is 1.17. The van der Waals surface area contributed by atoms with Gasteiger partial charge in [-0.3, -0.25) is 9.78 Å². The van der Waals surface area contributed by atoms with Crippen molar-refractivity contribution in [1.29, 1.82) is 0 Å². The maximum Gasteiger partial charge on any atom is 0.246 e. The largest absolute Gasteiger partial charge is 0.281 e. The first-order valence-corrected chi connectivity index (χ1v) is 8.36. The summed E-state index contributed by atoms with van der Waals surface area (Å²) in [6, 6.07) is 0.0981. The van der Waals surface area contributed by atoms with Gasteiger partial charge in [-0.2, -0.15) is 14.5 Å². The van der Waals surface area contributed by atoms with Crippen LogP contribution < -0.4 is 0 Å². The Hall–Kier alpha value is -1.67. The van der Waals surface area contributed by atoms with Crippen molar-refractivity contribution in [1.82, 2.24) is 24.3 Å². The van der Waals surface area contributed by atoms with Crippen LogP contribution in [0.25, 0.3) is 0 Å². The van der Waals surface area contributed by atoms with Crippen LogP contribution >= 0.6 is 0 Å². The lowest BCUT2D eigenvalue weighted by Gasteiger charge is -2.17. The van der Waals surface area contributed by atoms with E-state index in [4.69, 9.17) is 0 Å². The van der Waals surface area contributed by atoms with Crippen LogP contribution in [0.1, 0.15) is 29.4 Å². The highest BCUT2D eigenvalue weighted by Gasteiger charge is 2.36. The molecule has 21 heavy (non-hydrogen) atoms. The molecule has 2 aromatic heterocycles. The van der Waals surface area contributed by atoms with Crippen molar-refractivity contribution in [3.05, 3.63) is 29.3 Å². The monoisotopic (exact) mass is 309 g/mol. The lowest BCUT2D eigenvalue weighted by Crippen LogP contribution is -2.30. The third kappa shape index (κ3) is 2.38. The van der Waals surface area contributed by atoms with E-state index in [1.165, 1.54) is 4.31 Å². The predicted molar refractivity (Wildman–Crippen MR) is 77.4 cm³/mol. The first-order valence-electron chi connectivity index (χ1n) is 6.92. The van der Waals surface area contributed by atoms with Crippen LogP contribution in [0.15, 0.2) is 17.3 Å². The lowest BCUT2D eigenvalue weighted by molar-refractivity contribution is 0.434. The molecule has 0 radical (unpaired) electrons.